The van der Waals surface area contributed by atoms with Crippen LogP contribution in [-0.4, -0.2) is 57.5 Å². The maximum absolute atomic E-state index is 12.5. The van der Waals surface area contributed by atoms with Crippen LogP contribution in [0.5, 0.6) is 5.75 Å². The topological polar surface area (TPSA) is 83.0 Å². The molecular weight excluding hydrogens is 409 g/mol. The summed E-state index contributed by atoms with van der Waals surface area (Å²) in [6.07, 6.45) is -2.07. The standard InChI is InChI=1S/C18H27F3N4O3S/c1-3-22-17(23-12-14-8-10-25(11-9-14)29(2,26)27)24-13-15-6-4-5-7-16(15)28-18(19,20)21/h4-7,14H,3,8-13H2,1-2H3,(H2,22,23,24). The molecule has 1 saturated heterocycles. The highest BCUT2D eigenvalue weighted by molar-refractivity contribution is 7.88. The van der Waals surface area contributed by atoms with Crippen molar-refractivity contribution in [2.24, 2.45) is 10.9 Å². The molecule has 29 heavy (non-hydrogen) atoms. The van der Waals surface area contributed by atoms with Crippen LogP contribution in [-0.2, 0) is 16.6 Å². The molecule has 1 aromatic rings. The van der Waals surface area contributed by atoms with Gasteiger partial charge in [-0.25, -0.2) is 17.7 Å². The molecule has 1 aromatic carbocycles. The van der Waals surface area contributed by atoms with Gasteiger partial charge in [-0.2, -0.15) is 0 Å². The Balaban J connectivity index is 1.94. The smallest absolute Gasteiger partial charge is 0.405 e. The summed E-state index contributed by atoms with van der Waals surface area (Å²) in [7, 11) is -3.16. The van der Waals surface area contributed by atoms with Crippen LogP contribution >= 0.6 is 0 Å². The number of piperidine rings is 1. The first kappa shape index (κ1) is 23.3. The van der Waals surface area contributed by atoms with Crippen LogP contribution in [0.15, 0.2) is 29.3 Å². The molecule has 0 aliphatic carbocycles. The van der Waals surface area contributed by atoms with Gasteiger partial charge in [0.25, 0.3) is 0 Å². The van der Waals surface area contributed by atoms with Crippen LogP contribution in [0.4, 0.5) is 13.2 Å². The lowest BCUT2D eigenvalue weighted by molar-refractivity contribution is -0.274. The van der Waals surface area contributed by atoms with Gasteiger partial charge in [-0.1, -0.05) is 18.2 Å². The number of rotatable bonds is 7. The monoisotopic (exact) mass is 436 g/mol. The Bertz CT molecular complexity index is 792. The number of guanidine groups is 1. The third-order valence-corrected chi connectivity index (χ3v) is 5.85. The van der Waals surface area contributed by atoms with Gasteiger partial charge < -0.3 is 15.4 Å². The van der Waals surface area contributed by atoms with Gasteiger partial charge in [-0.05, 0) is 31.7 Å². The normalized spacial score (nSPS) is 17.2. The Morgan fingerprint density at radius 1 is 1.24 bits per heavy atom. The fourth-order valence-corrected chi connectivity index (χ4v) is 3.92. The first-order valence-electron chi connectivity index (χ1n) is 9.39. The van der Waals surface area contributed by atoms with E-state index in [0.29, 0.717) is 37.7 Å². The quantitative estimate of drug-likeness (QED) is 0.506. The Morgan fingerprint density at radius 3 is 2.48 bits per heavy atom. The van der Waals surface area contributed by atoms with Crippen LogP contribution in [0.1, 0.15) is 25.3 Å². The van der Waals surface area contributed by atoms with E-state index >= 15 is 0 Å². The Morgan fingerprint density at radius 2 is 1.90 bits per heavy atom. The number of sulfonamides is 1. The molecule has 7 nitrogen and oxygen atoms in total. The third kappa shape index (κ3) is 8.09. The molecule has 0 bridgehead atoms. The van der Waals surface area contributed by atoms with E-state index in [0.717, 1.165) is 12.8 Å². The van der Waals surface area contributed by atoms with Crippen LogP contribution < -0.4 is 15.4 Å². The van der Waals surface area contributed by atoms with Gasteiger partial charge in [0.2, 0.25) is 10.0 Å². The van der Waals surface area contributed by atoms with Gasteiger partial charge in [-0.15, -0.1) is 13.2 Å². The van der Waals surface area contributed by atoms with Gasteiger partial charge in [0.05, 0.1) is 12.8 Å². The van der Waals surface area contributed by atoms with Crippen molar-refractivity contribution >= 4 is 16.0 Å². The molecular formula is C18H27F3N4O3S. The van der Waals surface area contributed by atoms with Gasteiger partial charge >= 0.3 is 6.36 Å². The number of aliphatic imine (C=N–C) groups is 1. The maximum atomic E-state index is 12.5. The summed E-state index contributed by atoms with van der Waals surface area (Å²) in [5.41, 5.74) is 0.323. The molecule has 0 aromatic heterocycles. The molecule has 0 atom stereocenters. The summed E-state index contributed by atoms with van der Waals surface area (Å²) < 4.78 is 66.3. The summed E-state index contributed by atoms with van der Waals surface area (Å²) in [6, 6.07) is 5.90. The molecule has 11 heteroatoms. The third-order valence-electron chi connectivity index (χ3n) is 4.55. The van der Waals surface area contributed by atoms with E-state index in [1.807, 2.05) is 6.92 Å². The van der Waals surface area contributed by atoms with Crippen molar-refractivity contribution in [3.8, 4) is 5.75 Å². The zero-order chi connectivity index (χ0) is 21.5. The Kier molecular flexibility index (Phi) is 8.14. The average molecular weight is 437 g/mol. The lowest BCUT2D eigenvalue weighted by Crippen LogP contribution is -2.44. The average Bonchev–Trinajstić information content (AvgIpc) is 2.63. The van der Waals surface area contributed by atoms with Crippen molar-refractivity contribution in [2.75, 3.05) is 32.4 Å². The lowest BCUT2D eigenvalue weighted by Gasteiger charge is -2.30. The molecule has 0 unspecified atom stereocenters. The summed E-state index contributed by atoms with van der Waals surface area (Å²) in [5.74, 6) is 0.505. The van der Waals surface area contributed by atoms with Crippen molar-refractivity contribution in [3.63, 3.8) is 0 Å². The van der Waals surface area contributed by atoms with Crippen molar-refractivity contribution < 1.29 is 26.3 Å². The number of alkyl halides is 3. The number of nitrogens with zero attached hydrogens (tertiary/aromatic N) is 2. The molecule has 1 heterocycles. The first-order chi connectivity index (χ1) is 13.6. The van der Waals surface area contributed by atoms with Gasteiger partial charge in [0.1, 0.15) is 5.75 Å². The fourth-order valence-electron chi connectivity index (χ4n) is 3.05. The molecule has 0 radical (unpaired) electrons. The number of halogens is 3. The number of hydrogen-bond donors (Lipinski definition) is 2. The minimum absolute atomic E-state index is 0.0219. The molecule has 1 aliphatic rings. The highest BCUT2D eigenvalue weighted by Crippen LogP contribution is 2.26. The fraction of sp³-hybridized carbons (Fsp3) is 0.611. The van der Waals surface area contributed by atoms with Crippen LogP contribution in [0.25, 0.3) is 0 Å². The predicted molar refractivity (Wildman–Crippen MR) is 105 cm³/mol. The van der Waals surface area contributed by atoms with E-state index in [-0.39, 0.29) is 18.2 Å². The van der Waals surface area contributed by atoms with Gasteiger partial charge in [-0.3, -0.25) is 0 Å². The van der Waals surface area contributed by atoms with Crippen LogP contribution in [0.2, 0.25) is 0 Å². The van der Waals surface area contributed by atoms with Gasteiger partial charge in [0, 0.05) is 31.7 Å². The van der Waals surface area contributed by atoms with Crippen molar-refractivity contribution in [2.45, 2.75) is 32.7 Å². The zero-order valence-electron chi connectivity index (χ0n) is 16.5. The number of hydrogen-bond acceptors (Lipinski definition) is 4. The van der Waals surface area contributed by atoms with Crippen molar-refractivity contribution in [1.82, 2.24) is 14.9 Å². The highest BCUT2D eigenvalue weighted by atomic mass is 32.2. The maximum Gasteiger partial charge on any atom is 0.573 e. The second-order valence-electron chi connectivity index (χ2n) is 6.84. The SMILES string of the molecule is CCNC(=NCc1ccccc1OC(F)(F)F)NCC1CCN(S(C)(=O)=O)CC1. The predicted octanol–water partition coefficient (Wildman–Crippen LogP) is 2.31. The van der Waals surface area contributed by atoms with Crippen LogP contribution in [0, 0.1) is 5.92 Å². The first-order valence-corrected chi connectivity index (χ1v) is 11.2. The Labute approximate surface area is 169 Å². The van der Waals surface area contributed by atoms with E-state index < -0.39 is 16.4 Å². The lowest BCUT2D eigenvalue weighted by atomic mass is 9.98. The molecule has 2 N–H and O–H groups in total. The molecule has 0 saturated carbocycles. The number of para-hydroxylation sites is 1. The number of ether oxygens (including phenoxy) is 1. The highest BCUT2D eigenvalue weighted by Gasteiger charge is 2.32. The zero-order valence-corrected chi connectivity index (χ0v) is 17.3. The van der Waals surface area contributed by atoms with E-state index in [2.05, 4.69) is 20.4 Å². The van der Waals surface area contributed by atoms with E-state index in [4.69, 9.17) is 0 Å². The van der Waals surface area contributed by atoms with E-state index in [1.54, 1.807) is 6.07 Å². The molecule has 1 aliphatic heterocycles. The molecule has 2 rings (SSSR count). The van der Waals surface area contributed by atoms with E-state index in [9.17, 15) is 21.6 Å². The van der Waals surface area contributed by atoms with Crippen molar-refractivity contribution in [1.29, 1.82) is 0 Å². The Hall–Kier alpha value is -2.01. The largest absolute Gasteiger partial charge is 0.573 e. The van der Waals surface area contributed by atoms with E-state index in [1.165, 1.54) is 28.8 Å². The molecule has 0 spiro atoms. The summed E-state index contributed by atoms with van der Waals surface area (Å²) >= 11 is 0. The van der Waals surface area contributed by atoms with Crippen molar-refractivity contribution in [3.05, 3.63) is 29.8 Å². The van der Waals surface area contributed by atoms with Gasteiger partial charge in [0.15, 0.2) is 5.96 Å². The minimum Gasteiger partial charge on any atom is -0.405 e. The second-order valence-corrected chi connectivity index (χ2v) is 8.82. The number of benzene rings is 1. The molecule has 164 valence electrons. The minimum atomic E-state index is -4.76. The summed E-state index contributed by atoms with van der Waals surface area (Å²) in [5, 5.41) is 6.25. The summed E-state index contributed by atoms with van der Waals surface area (Å²) in [6.45, 7) is 4.09. The molecule has 0 amide bonds. The summed E-state index contributed by atoms with van der Waals surface area (Å²) in [4.78, 5) is 4.35. The van der Waals surface area contributed by atoms with Crippen LogP contribution in [0.3, 0.4) is 0 Å². The molecule has 1 fully saturated rings. The number of nitrogens with one attached hydrogen (secondary N) is 2. The second kappa shape index (κ2) is 10.1.